The molecule has 2 aromatic carbocycles. The lowest BCUT2D eigenvalue weighted by Gasteiger charge is -2.28. The molecule has 0 bridgehead atoms. The van der Waals surface area contributed by atoms with Gasteiger partial charge in [0.15, 0.2) is 0 Å². The molecule has 0 heterocycles. The van der Waals surface area contributed by atoms with E-state index in [-0.39, 0.29) is 0 Å². The van der Waals surface area contributed by atoms with Crippen molar-refractivity contribution < 1.29 is 13.2 Å². The molecule has 2 rings (SSSR count). The summed E-state index contributed by atoms with van der Waals surface area (Å²) < 4.78 is 25.8. The van der Waals surface area contributed by atoms with Crippen LogP contribution < -0.4 is 9.62 Å². The second kappa shape index (κ2) is 8.69. The zero-order chi connectivity index (χ0) is 20.0. The molecular formula is C20H23N3O3S. The van der Waals surface area contributed by atoms with Crippen LogP contribution in [0.2, 0.25) is 0 Å². The van der Waals surface area contributed by atoms with Crippen LogP contribution in [0.1, 0.15) is 25.0 Å². The number of nitrogens with zero attached hydrogens (tertiary/aromatic N) is 2. The van der Waals surface area contributed by atoms with Crippen LogP contribution in [0.4, 0.5) is 11.4 Å². The third kappa shape index (κ3) is 5.31. The number of nitrogens with one attached hydrogen (secondary N) is 1. The van der Waals surface area contributed by atoms with Crippen molar-refractivity contribution in [3.63, 3.8) is 0 Å². The summed E-state index contributed by atoms with van der Waals surface area (Å²) in [7, 11) is -3.65. The smallest absolute Gasteiger partial charge is 0.247 e. The van der Waals surface area contributed by atoms with E-state index in [0.29, 0.717) is 17.8 Å². The Bertz CT molecular complexity index is 930. The van der Waals surface area contributed by atoms with Crippen LogP contribution in [0.25, 0.3) is 0 Å². The van der Waals surface area contributed by atoms with Gasteiger partial charge in [0.1, 0.15) is 6.04 Å². The molecule has 0 aliphatic carbocycles. The third-order valence-electron chi connectivity index (χ3n) is 4.19. The molecule has 1 unspecified atom stereocenters. The normalized spacial score (nSPS) is 12.1. The van der Waals surface area contributed by atoms with E-state index in [2.05, 4.69) is 11.4 Å². The number of benzene rings is 2. The van der Waals surface area contributed by atoms with E-state index in [1.165, 1.54) is 0 Å². The predicted octanol–water partition coefficient (Wildman–Crippen LogP) is 3.11. The highest BCUT2D eigenvalue weighted by Gasteiger charge is 2.29. The van der Waals surface area contributed by atoms with E-state index < -0.39 is 22.0 Å². The topological polar surface area (TPSA) is 90.3 Å². The number of hydrogen-bond donors (Lipinski definition) is 1. The molecule has 0 aromatic heterocycles. The summed E-state index contributed by atoms with van der Waals surface area (Å²) in [6.07, 6.45) is 2.22. The van der Waals surface area contributed by atoms with Crippen molar-refractivity contribution in [1.29, 1.82) is 5.26 Å². The molecule has 0 saturated heterocycles. The van der Waals surface area contributed by atoms with Gasteiger partial charge < -0.3 is 5.32 Å². The standard InChI is InChI=1S/C20H23N3O3S/c1-4-16-7-11-19(12-8-16)23(27(3,25)26)15(2)20(24)22-18-9-5-17(6-10-18)13-14-21/h5-12,15H,4,13H2,1-3H3,(H,22,24). The zero-order valence-electron chi connectivity index (χ0n) is 15.6. The minimum Gasteiger partial charge on any atom is -0.324 e. The fourth-order valence-corrected chi connectivity index (χ4v) is 3.91. The summed E-state index contributed by atoms with van der Waals surface area (Å²) in [5.41, 5.74) is 2.92. The number of amides is 1. The van der Waals surface area contributed by atoms with Crippen molar-refractivity contribution in [3.05, 3.63) is 59.7 Å². The van der Waals surface area contributed by atoms with E-state index in [9.17, 15) is 13.2 Å². The van der Waals surface area contributed by atoms with Gasteiger partial charge in [0, 0.05) is 5.69 Å². The fraction of sp³-hybridized carbons (Fsp3) is 0.300. The van der Waals surface area contributed by atoms with Gasteiger partial charge in [-0.15, -0.1) is 0 Å². The molecule has 0 fully saturated rings. The Kier molecular flexibility index (Phi) is 6.59. The van der Waals surface area contributed by atoms with E-state index in [0.717, 1.165) is 28.1 Å². The van der Waals surface area contributed by atoms with Gasteiger partial charge in [-0.3, -0.25) is 9.10 Å². The third-order valence-corrected chi connectivity index (χ3v) is 5.43. The molecule has 1 atom stereocenters. The maximum atomic E-state index is 12.6. The first-order valence-corrected chi connectivity index (χ1v) is 10.5. The number of nitriles is 1. The second-order valence-corrected chi connectivity index (χ2v) is 8.14. The predicted molar refractivity (Wildman–Crippen MR) is 107 cm³/mol. The minimum absolute atomic E-state index is 0.292. The lowest BCUT2D eigenvalue weighted by atomic mass is 10.1. The van der Waals surface area contributed by atoms with Gasteiger partial charge in [0.05, 0.1) is 24.4 Å². The molecular weight excluding hydrogens is 362 g/mol. The molecule has 1 amide bonds. The van der Waals surface area contributed by atoms with Crippen LogP contribution in [0.3, 0.4) is 0 Å². The maximum absolute atomic E-state index is 12.6. The Morgan fingerprint density at radius 2 is 1.67 bits per heavy atom. The average Bonchev–Trinajstić information content (AvgIpc) is 2.63. The lowest BCUT2D eigenvalue weighted by Crippen LogP contribution is -2.45. The largest absolute Gasteiger partial charge is 0.324 e. The first-order chi connectivity index (χ1) is 12.8. The Hall–Kier alpha value is -2.85. The molecule has 142 valence electrons. The lowest BCUT2D eigenvalue weighted by molar-refractivity contribution is -0.116. The molecule has 2 aromatic rings. The number of anilines is 2. The number of carbonyl (C=O) groups excluding carboxylic acids is 1. The molecule has 7 heteroatoms. The summed E-state index contributed by atoms with van der Waals surface area (Å²) in [6, 6.07) is 15.1. The van der Waals surface area contributed by atoms with Gasteiger partial charge in [-0.1, -0.05) is 31.2 Å². The molecule has 0 spiro atoms. The van der Waals surface area contributed by atoms with Gasteiger partial charge in [-0.25, -0.2) is 8.42 Å². The fourth-order valence-electron chi connectivity index (χ4n) is 2.73. The number of aryl methyl sites for hydroxylation is 1. The molecule has 0 radical (unpaired) electrons. The number of hydrogen-bond acceptors (Lipinski definition) is 4. The van der Waals surface area contributed by atoms with Gasteiger partial charge in [-0.2, -0.15) is 5.26 Å². The highest BCUT2D eigenvalue weighted by atomic mass is 32.2. The highest BCUT2D eigenvalue weighted by molar-refractivity contribution is 7.92. The molecule has 0 aliphatic heterocycles. The summed E-state index contributed by atoms with van der Waals surface area (Å²) in [5, 5.41) is 11.4. The van der Waals surface area contributed by atoms with Gasteiger partial charge >= 0.3 is 0 Å². The van der Waals surface area contributed by atoms with Crippen LogP contribution in [0.15, 0.2) is 48.5 Å². The second-order valence-electron chi connectivity index (χ2n) is 6.28. The number of rotatable bonds is 7. The minimum atomic E-state index is -3.65. The molecule has 0 saturated carbocycles. The van der Waals surface area contributed by atoms with Crippen LogP contribution in [0.5, 0.6) is 0 Å². The summed E-state index contributed by atoms with van der Waals surface area (Å²) in [4.78, 5) is 12.6. The van der Waals surface area contributed by atoms with E-state index >= 15 is 0 Å². The van der Waals surface area contributed by atoms with E-state index in [1.807, 2.05) is 19.1 Å². The van der Waals surface area contributed by atoms with Crippen LogP contribution in [0, 0.1) is 11.3 Å². The van der Waals surface area contributed by atoms with Crippen molar-refractivity contribution >= 4 is 27.3 Å². The summed E-state index contributed by atoms with van der Waals surface area (Å²) in [6.45, 7) is 3.56. The molecule has 6 nitrogen and oxygen atoms in total. The molecule has 0 aliphatic rings. The quantitative estimate of drug-likeness (QED) is 0.793. The van der Waals surface area contributed by atoms with E-state index in [1.54, 1.807) is 43.3 Å². The Labute approximate surface area is 160 Å². The molecule has 27 heavy (non-hydrogen) atoms. The number of carbonyl (C=O) groups is 1. The van der Waals surface area contributed by atoms with Crippen molar-refractivity contribution in [2.45, 2.75) is 32.7 Å². The monoisotopic (exact) mass is 385 g/mol. The number of sulfonamides is 1. The van der Waals surface area contributed by atoms with Crippen molar-refractivity contribution in [3.8, 4) is 6.07 Å². The van der Waals surface area contributed by atoms with Gasteiger partial charge in [-0.05, 0) is 48.7 Å². The van der Waals surface area contributed by atoms with Crippen molar-refractivity contribution in [2.75, 3.05) is 15.9 Å². The van der Waals surface area contributed by atoms with Crippen molar-refractivity contribution in [1.82, 2.24) is 0 Å². The highest BCUT2D eigenvalue weighted by Crippen LogP contribution is 2.22. The first kappa shape index (κ1) is 20.5. The molecule has 1 N–H and O–H groups in total. The Morgan fingerprint density at radius 1 is 1.11 bits per heavy atom. The Morgan fingerprint density at radius 3 is 2.15 bits per heavy atom. The first-order valence-electron chi connectivity index (χ1n) is 8.61. The van der Waals surface area contributed by atoms with Crippen LogP contribution >= 0.6 is 0 Å². The SMILES string of the molecule is CCc1ccc(N(C(C)C(=O)Nc2ccc(CC#N)cc2)S(C)(=O)=O)cc1. The maximum Gasteiger partial charge on any atom is 0.247 e. The Balaban J connectivity index is 2.22. The summed E-state index contributed by atoms with van der Waals surface area (Å²) >= 11 is 0. The van der Waals surface area contributed by atoms with Gasteiger partial charge in [0.25, 0.3) is 0 Å². The van der Waals surface area contributed by atoms with Gasteiger partial charge in [0.2, 0.25) is 15.9 Å². The van der Waals surface area contributed by atoms with Crippen molar-refractivity contribution in [2.24, 2.45) is 0 Å². The zero-order valence-corrected chi connectivity index (χ0v) is 16.5. The van der Waals surface area contributed by atoms with Crippen LogP contribution in [-0.4, -0.2) is 26.6 Å². The van der Waals surface area contributed by atoms with E-state index in [4.69, 9.17) is 5.26 Å². The average molecular weight is 385 g/mol. The van der Waals surface area contributed by atoms with Crippen LogP contribution in [-0.2, 0) is 27.7 Å². The summed E-state index contributed by atoms with van der Waals surface area (Å²) in [5.74, 6) is -0.437.